The van der Waals surface area contributed by atoms with Crippen LogP contribution < -0.4 is 5.32 Å². The molecule has 1 heterocycles. The quantitative estimate of drug-likeness (QED) is 0.311. The molecule has 2 amide bonds. The molecule has 138 valence electrons. The van der Waals surface area contributed by atoms with E-state index in [0.29, 0.717) is 28.1 Å². The van der Waals surface area contributed by atoms with Crippen molar-refractivity contribution >= 4 is 23.2 Å². The van der Waals surface area contributed by atoms with Gasteiger partial charge in [-0.25, -0.2) is 0 Å². The number of carbonyl (C=O) groups excluding carboxylic acids is 2. The summed E-state index contributed by atoms with van der Waals surface area (Å²) >= 11 is 0. The lowest BCUT2D eigenvalue weighted by atomic mass is 10.0. The van der Waals surface area contributed by atoms with Crippen molar-refractivity contribution in [1.29, 1.82) is 0 Å². The summed E-state index contributed by atoms with van der Waals surface area (Å²) in [5.74, 6) is -0.658. The first-order valence-corrected chi connectivity index (χ1v) is 8.76. The number of amides is 2. The second-order valence-electron chi connectivity index (χ2n) is 6.28. The van der Waals surface area contributed by atoms with Crippen LogP contribution in [0.15, 0.2) is 84.0 Å². The number of nitrogens with zero attached hydrogens (tertiary/aromatic N) is 2. The Kier molecular flexibility index (Phi) is 4.60. The van der Waals surface area contributed by atoms with Gasteiger partial charge in [-0.05, 0) is 18.2 Å². The van der Waals surface area contributed by atoms with E-state index in [1.807, 2.05) is 54.6 Å². The summed E-state index contributed by atoms with van der Waals surface area (Å²) in [6, 6.07) is 23.3. The standard InChI is InChI=1S/C22H17N3O3/c26-21-16-10-4-5-11-17(16)22(27)25(21)14-23-19-13-7-6-12-18(19)20(24-28)15-8-2-1-3-9-15/h1-13,23,28H,14H2. The van der Waals surface area contributed by atoms with Gasteiger partial charge in [-0.15, -0.1) is 0 Å². The highest BCUT2D eigenvalue weighted by atomic mass is 16.4. The fourth-order valence-corrected chi connectivity index (χ4v) is 3.25. The minimum atomic E-state index is -0.329. The average Bonchev–Trinajstić information content (AvgIpc) is 2.99. The molecule has 2 N–H and O–H groups in total. The highest BCUT2D eigenvalue weighted by molar-refractivity contribution is 6.21. The minimum Gasteiger partial charge on any atom is -0.410 e. The summed E-state index contributed by atoms with van der Waals surface area (Å²) in [5, 5.41) is 16.2. The van der Waals surface area contributed by atoms with Crippen molar-refractivity contribution in [3.63, 3.8) is 0 Å². The Morgan fingerprint density at radius 1 is 0.821 bits per heavy atom. The zero-order valence-corrected chi connectivity index (χ0v) is 14.9. The summed E-state index contributed by atoms with van der Waals surface area (Å²) in [7, 11) is 0. The van der Waals surface area contributed by atoms with Gasteiger partial charge in [-0.1, -0.05) is 65.8 Å². The van der Waals surface area contributed by atoms with Crippen molar-refractivity contribution in [2.75, 3.05) is 12.0 Å². The predicted molar refractivity (Wildman–Crippen MR) is 106 cm³/mol. The van der Waals surface area contributed by atoms with Gasteiger partial charge in [-0.3, -0.25) is 14.5 Å². The molecule has 0 bridgehead atoms. The van der Waals surface area contributed by atoms with Crippen LogP contribution in [0, 0.1) is 0 Å². The molecule has 0 unspecified atom stereocenters. The van der Waals surface area contributed by atoms with Gasteiger partial charge in [0.1, 0.15) is 5.71 Å². The van der Waals surface area contributed by atoms with E-state index in [0.717, 1.165) is 5.56 Å². The molecular weight excluding hydrogens is 354 g/mol. The number of carbonyl (C=O) groups is 2. The minimum absolute atomic E-state index is 0.0108. The summed E-state index contributed by atoms with van der Waals surface area (Å²) < 4.78 is 0. The Hall–Kier alpha value is -3.93. The molecule has 0 aromatic heterocycles. The predicted octanol–water partition coefficient (Wildman–Crippen LogP) is 3.58. The van der Waals surface area contributed by atoms with Gasteiger partial charge >= 0.3 is 0 Å². The topological polar surface area (TPSA) is 82.0 Å². The molecule has 0 saturated heterocycles. The first-order chi connectivity index (χ1) is 13.7. The molecule has 0 fully saturated rings. The van der Waals surface area contributed by atoms with E-state index < -0.39 is 0 Å². The number of rotatable bonds is 5. The molecule has 1 aliphatic heterocycles. The van der Waals surface area contributed by atoms with Crippen molar-refractivity contribution in [3.05, 3.63) is 101 Å². The Labute approximate surface area is 161 Å². The van der Waals surface area contributed by atoms with Crippen molar-refractivity contribution < 1.29 is 14.8 Å². The molecule has 0 spiro atoms. The smallest absolute Gasteiger partial charge is 0.263 e. The van der Waals surface area contributed by atoms with Crippen LogP contribution in [-0.4, -0.2) is 34.3 Å². The first-order valence-electron chi connectivity index (χ1n) is 8.76. The number of anilines is 1. The Morgan fingerprint density at radius 2 is 1.39 bits per heavy atom. The van der Waals surface area contributed by atoms with Gasteiger partial charge < -0.3 is 10.5 Å². The third kappa shape index (κ3) is 3.01. The van der Waals surface area contributed by atoms with Crippen LogP contribution in [0.1, 0.15) is 31.8 Å². The van der Waals surface area contributed by atoms with Crippen LogP contribution >= 0.6 is 0 Å². The molecule has 1 aliphatic rings. The number of para-hydroxylation sites is 1. The van der Waals surface area contributed by atoms with Crippen molar-refractivity contribution in [3.8, 4) is 0 Å². The SMILES string of the molecule is O=C1c2ccccc2C(=O)N1CNc1ccccc1C(=NO)c1ccccc1. The Morgan fingerprint density at radius 3 is 2.04 bits per heavy atom. The summed E-state index contributed by atoms with van der Waals surface area (Å²) in [6.45, 7) is 0.0108. The third-order valence-electron chi connectivity index (χ3n) is 4.64. The molecule has 3 aromatic rings. The number of benzene rings is 3. The van der Waals surface area contributed by atoms with Gasteiger partial charge in [0.15, 0.2) is 0 Å². The zero-order valence-electron chi connectivity index (χ0n) is 14.9. The molecule has 4 rings (SSSR count). The molecule has 3 aromatic carbocycles. The lowest BCUT2D eigenvalue weighted by Gasteiger charge is -2.18. The molecule has 0 radical (unpaired) electrons. The van der Waals surface area contributed by atoms with E-state index in [9.17, 15) is 14.8 Å². The lowest BCUT2D eigenvalue weighted by molar-refractivity contribution is 0.0666. The largest absolute Gasteiger partial charge is 0.410 e. The first kappa shape index (κ1) is 17.5. The molecule has 28 heavy (non-hydrogen) atoms. The fraction of sp³-hybridized carbons (Fsp3) is 0.0455. The highest BCUT2D eigenvalue weighted by Crippen LogP contribution is 2.24. The van der Waals surface area contributed by atoms with Crippen molar-refractivity contribution in [1.82, 2.24) is 4.90 Å². The van der Waals surface area contributed by atoms with Crippen LogP contribution in [-0.2, 0) is 0 Å². The second kappa shape index (κ2) is 7.36. The Balaban J connectivity index is 1.59. The van der Waals surface area contributed by atoms with Gasteiger partial charge in [0, 0.05) is 16.8 Å². The summed E-state index contributed by atoms with van der Waals surface area (Å²) in [5.41, 5.74) is 3.27. The van der Waals surface area contributed by atoms with Gasteiger partial charge in [0.05, 0.1) is 17.8 Å². The van der Waals surface area contributed by atoms with Crippen LogP contribution in [0.2, 0.25) is 0 Å². The molecule has 6 nitrogen and oxygen atoms in total. The lowest BCUT2D eigenvalue weighted by Crippen LogP contribution is -2.34. The van der Waals surface area contributed by atoms with Crippen LogP contribution in [0.4, 0.5) is 5.69 Å². The van der Waals surface area contributed by atoms with Crippen LogP contribution in [0.3, 0.4) is 0 Å². The van der Waals surface area contributed by atoms with Gasteiger partial charge in [0.25, 0.3) is 11.8 Å². The molecule has 0 atom stereocenters. The third-order valence-corrected chi connectivity index (χ3v) is 4.64. The maximum Gasteiger partial charge on any atom is 0.263 e. The Bertz CT molecular complexity index is 1040. The summed E-state index contributed by atoms with van der Waals surface area (Å²) in [6.07, 6.45) is 0. The molecule has 0 aliphatic carbocycles. The van der Waals surface area contributed by atoms with Gasteiger partial charge in [-0.2, -0.15) is 0 Å². The van der Waals surface area contributed by atoms with Gasteiger partial charge in [0.2, 0.25) is 0 Å². The number of fused-ring (bicyclic) bond motifs is 1. The number of oxime groups is 1. The second-order valence-corrected chi connectivity index (χ2v) is 6.28. The van der Waals surface area contributed by atoms with E-state index in [1.165, 1.54) is 4.90 Å². The number of hydrogen-bond donors (Lipinski definition) is 2. The summed E-state index contributed by atoms with van der Waals surface area (Å²) in [4.78, 5) is 26.2. The number of hydrogen-bond acceptors (Lipinski definition) is 5. The van der Waals surface area contributed by atoms with E-state index in [1.54, 1.807) is 24.3 Å². The maximum atomic E-state index is 12.5. The zero-order chi connectivity index (χ0) is 19.5. The maximum absolute atomic E-state index is 12.5. The van der Waals surface area contributed by atoms with E-state index >= 15 is 0 Å². The van der Waals surface area contributed by atoms with E-state index in [4.69, 9.17) is 0 Å². The highest BCUT2D eigenvalue weighted by Gasteiger charge is 2.34. The van der Waals surface area contributed by atoms with Crippen molar-refractivity contribution in [2.45, 2.75) is 0 Å². The van der Waals surface area contributed by atoms with Crippen LogP contribution in [0.25, 0.3) is 0 Å². The molecule has 6 heteroatoms. The monoisotopic (exact) mass is 371 g/mol. The number of imide groups is 1. The fourth-order valence-electron chi connectivity index (χ4n) is 3.25. The molecule has 0 saturated carbocycles. The van der Waals surface area contributed by atoms with Crippen molar-refractivity contribution in [2.24, 2.45) is 5.16 Å². The number of nitrogens with one attached hydrogen (secondary N) is 1. The van der Waals surface area contributed by atoms with E-state index in [-0.39, 0.29) is 18.5 Å². The average molecular weight is 371 g/mol. The van der Waals surface area contributed by atoms with E-state index in [2.05, 4.69) is 10.5 Å². The normalized spacial score (nSPS) is 13.6. The molecular formula is C22H17N3O3. The van der Waals surface area contributed by atoms with Crippen LogP contribution in [0.5, 0.6) is 0 Å².